The quantitative estimate of drug-likeness (QED) is 0.690. The summed E-state index contributed by atoms with van der Waals surface area (Å²) in [4.78, 5) is 7.04. The SMILES string of the molecule is Cc1ccc2ccccc2c1-c1cc(Cl)nc(N)[nH+]1. The number of fused-ring (bicyclic) bond motifs is 1. The first-order chi connectivity index (χ1) is 9.15. The third-order valence-electron chi connectivity index (χ3n) is 3.16. The monoisotopic (exact) mass is 270 g/mol. The van der Waals surface area contributed by atoms with E-state index < -0.39 is 0 Å². The van der Waals surface area contributed by atoms with Crippen LogP contribution in [0.3, 0.4) is 0 Å². The molecule has 0 bridgehead atoms. The lowest BCUT2D eigenvalue weighted by molar-refractivity contribution is -0.350. The van der Waals surface area contributed by atoms with Crippen LogP contribution < -0.4 is 10.7 Å². The van der Waals surface area contributed by atoms with E-state index in [1.54, 1.807) is 6.07 Å². The minimum atomic E-state index is 0.315. The topological polar surface area (TPSA) is 53.0 Å². The van der Waals surface area contributed by atoms with E-state index in [1.165, 1.54) is 10.8 Å². The van der Waals surface area contributed by atoms with Gasteiger partial charge in [-0.05, 0) is 34.9 Å². The lowest BCUT2D eigenvalue weighted by atomic mass is 9.97. The molecule has 0 saturated heterocycles. The molecule has 0 aliphatic heterocycles. The van der Waals surface area contributed by atoms with Crippen LogP contribution in [0.15, 0.2) is 42.5 Å². The molecular weight excluding hydrogens is 258 g/mol. The maximum atomic E-state index is 5.99. The molecular formula is C15H13ClN3+. The summed E-state index contributed by atoms with van der Waals surface area (Å²) in [6.45, 7) is 2.07. The molecule has 0 amide bonds. The van der Waals surface area contributed by atoms with Crippen molar-refractivity contribution < 1.29 is 4.98 Å². The van der Waals surface area contributed by atoms with Gasteiger partial charge in [-0.25, -0.2) is 4.98 Å². The van der Waals surface area contributed by atoms with Crippen LogP contribution in [-0.4, -0.2) is 4.98 Å². The molecule has 0 radical (unpaired) electrons. The largest absolute Gasteiger partial charge is 0.388 e. The van der Waals surface area contributed by atoms with Crippen LogP contribution in [0.2, 0.25) is 5.15 Å². The maximum absolute atomic E-state index is 5.99. The van der Waals surface area contributed by atoms with Crippen molar-refractivity contribution in [3.05, 3.63) is 53.2 Å². The number of nitrogen functional groups attached to an aromatic ring is 1. The number of aryl methyl sites for hydroxylation is 1. The zero-order valence-corrected chi connectivity index (χ0v) is 11.2. The molecule has 94 valence electrons. The highest BCUT2D eigenvalue weighted by Crippen LogP contribution is 2.30. The Morgan fingerprint density at radius 3 is 2.74 bits per heavy atom. The van der Waals surface area contributed by atoms with Crippen molar-refractivity contribution in [3.63, 3.8) is 0 Å². The van der Waals surface area contributed by atoms with Crippen molar-refractivity contribution in [2.75, 3.05) is 5.73 Å². The molecule has 0 aliphatic rings. The molecule has 0 saturated carbocycles. The first kappa shape index (κ1) is 11.9. The van der Waals surface area contributed by atoms with E-state index in [0.717, 1.165) is 16.8 Å². The lowest BCUT2D eigenvalue weighted by Gasteiger charge is -2.09. The van der Waals surface area contributed by atoms with Crippen molar-refractivity contribution in [1.29, 1.82) is 0 Å². The lowest BCUT2D eigenvalue weighted by Crippen LogP contribution is -2.16. The Morgan fingerprint density at radius 2 is 1.95 bits per heavy atom. The van der Waals surface area contributed by atoms with Crippen molar-refractivity contribution in [1.82, 2.24) is 4.98 Å². The Kier molecular flexibility index (Phi) is 2.84. The number of nitrogens with two attached hydrogens (primary N) is 1. The second-order valence-corrected chi connectivity index (χ2v) is 4.87. The molecule has 19 heavy (non-hydrogen) atoms. The summed E-state index contributed by atoms with van der Waals surface area (Å²) in [6.07, 6.45) is 0. The van der Waals surface area contributed by atoms with Gasteiger partial charge in [0, 0.05) is 11.6 Å². The first-order valence-corrected chi connectivity index (χ1v) is 6.37. The van der Waals surface area contributed by atoms with Crippen LogP contribution in [0.5, 0.6) is 0 Å². The summed E-state index contributed by atoms with van der Waals surface area (Å²) in [5, 5.41) is 2.74. The molecule has 3 rings (SSSR count). The van der Waals surface area contributed by atoms with Gasteiger partial charge in [-0.2, -0.15) is 0 Å². The summed E-state index contributed by atoms with van der Waals surface area (Å²) in [5.74, 6) is 0.315. The van der Waals surface area contributed by atoms with Crippen LogP contribution in [0, 0.1) is 6.92 Å². The van der Waals surface area contributed by atoms with E-state index in [9.17, 15) is 0 Å². The van der Waals surface area contributed by atoms with Gasteiger partial charge < -0.3 is 0 Å². The summed E-state index contributed by atoms with van der Waals surface area (Å²) in [6, 6.07) is 14.2. The van der Waals surface area contributed by atoms with Gasteiger partial charge in [-0.15, -0.1) is 0 Å². The Hall–Kier alpha value is -2.13. The van der Waals surface area contributed by atoms with E-state index in [1.807, 2.05) is 12.1 Å². The summed E-state index contributed by atoms with van der Waals surface area (Å²) in [5.41, 5.74) is 8.89. The molecule has 3 nitrogen and oxygen atoms in total. The Morgan fingerprint density at radius 1 is 1.16 bits per heavy atom. The normalized spacial score (nSPS) is 10.8. The molecule has 0 aliphatic carbocycles. The third-order valence-corrected chi connectivity index (χ3v) is 3.35. The molecule has 3 aromatic rings. The fraction of sp³-hybridized carbons (Fsp3) is 0.0667. The number of nitrogens with zero attached hydrogens (tertiary/aromatic N) is 1. The van der Waals surface area contributed by atoms with Crippen molar-refractivity contribution in [2.45, 2.75) is 6.92 Å². The van der Waals surface area contributed by atoms with Gasteiger partial charge >= 0.3 is 5.95 Å². The van der Waals surface area contributed by atoms with E-state index in [-0.39, 0.29) is 0 Å². The van der Waals surface area contributed by atoms with Crippen molar-refractivity contribution >= 4 is 28.3 Å². The minimum Gasteiger partial charge on any atom is -0.287 e. The maximum Gasteiger partial charge on any atom is 0.388 e. The van der Waals surface area contributed by atoms with Gasteiger partial charge in [0.1, 0.15) is 5.69 Å². The highest BCUT2D eigenvalue weighted by Gasteiger charge is 2.13. The summed E-state index contributed by atoms with van der Waals surface area (Å²) < 4.78 is 0. The number of hydrogen-bond donors (Lipinski definition) is 1. The number of anilines is 1. The van der Waals surface area contributed by atoms with Gasteiger partial charge in [-0.3, -0.25) is 5.73 Å². The van der Waals surface area contributed by atoms with Crippen LogP contribution in [-0.2, 0) is 0 Å². The first-order valence-electron chi connectivity index (χ1n) is 5.99. The summed E-state index contributed by atoms with van der Waals surface area (Å²) >= 11 is 5.99. The van der Waals surface area contributed by atoms with Crippen molar-refractivity contribution in [2.24, 2.45) is 0 Å². The van der Waals surface area contributed by atoms with E-state index in [4.69, 9.17) is 17.3 Å². The van der Waals surface area contributed by atoms with E-state index in [0.29, 0.717) is 11.1 Å². The minimum absolute atomic E-state index is 0.315. The molecule has 0 spiro atoms. The highest BCUT2D eigenvalue weighted by atomic mass is 35.5. The number of halogens is 1. The number of aromatic nitrogens is 2. The van der Waals surface area contributed by atoms with E-state index in [2.05, 4.69) is 41.2 Å². The molecule has 0 atom stereocenters. The van der Waals surface area contributed by atoms with Crippen molar-refractivity contribution in [3.8, 4) is 11.3 Å². The van der Waals surface area contributed by atoms with Crippen LogP contribution >= 0.6 is 11.6 Å². The van der Waals surface area contributed by atoms with Gasteiger partial charge in [0.05, 0.1) is 0 Å². The molecule has 4 heteroatoms. The molecule has 2 aromatic carbocycles. The van der Waals surface area contributed by atoms with Gasteiger partial charge in [-0.1, -0.05) is 41.4 Å². The third kappa shape index (κ3) is 2.13. The predicted molar refractivity (Wildman–Crippen MR) is 77.9 cm³/mol. The number of H-pyrrole nitrogens is 1. The van der Waals surface area contributed by atoms with Crippen LogP contribution in [0.4, 0.5) is 5.95 Å². The smallest absolute Gasteiger partial charge is 0.287 e. The standard InChI is InChI=1S/C15H12ClN3/c1-9-6-7-10-4-2-3-5-11(10)14(9)12-8-13(16)19-15(17)18-12/h2-8H,1H3,(H2,17,18,19)/p+1. The average molecular weight is 271 g/mol. The molecule has 3 N–H and O–H groups in total. The number of nitrogens with one attached hydrogen (secondary N) is 1. The summed E-state index contributed by atoms with van der Waals surface area (Å²) in [7, 11) is 0. The Bertz CT molecular complexity index is 748. The fourth-order valence-electron chi connectivity index (χ4n) is 2.34. The zero-order valence-electron chi connectivity index (χ0n) is 10.4. The molecule has 0 fully saturated rings. The van der Waals surface area contributed by atoms with Gasteiger partial charge in [0.15, 0.2) is 0 Å². The zero-order chi connectivity index (χ0) is 13.4. The second kappa shape index (κ2) is 4.52. The average Bonchev–Trinajstić information content (AvgIpc) is 2.37. The second-order valence-electron chi connectivity index (χ2n) is 4.48. The molecule has 0 unspecified atom stereocenters. The Balaban J connectivity index is 2.38. The van der Waals surface area contributed by atoms with Gasteiger partial charge in [0.25, 0.3) is 0 Å². The predicted octanol–water partition coefficient (Wildman–Crippen LogP) is 3.26. The highest BCUT2D eigenvalue weighted by molar-refractivity contribution is 6.29. The number of aromatic amines is 1. The Labute approximate surface area is 116 Å². The fourth-order valence-corrected chi connectivity index (χ4v) is 2.54. The number of hydrogen-bond acceptors (Lipinski definition) is 2. The molecule has 1 heterocycles. The number of benzene rings is 2. The van der Waals surface area contributed by atoms with Crippen LogP contribution in [0.25, 0.3) is 22.0 Å². The molecule has 1 aromatic heterocycles. The van der Waals surface area contributed by atoms with Gasteiger partial charge in [0.2, 0.25) is 5.15 Å². The van der Waals surface area contributed by atoms with Crippen LogP contribution in [0.1, 0.15) is 5.56 Å². The van der Waals surface area contributed by atoms with E-state index >= 15 is 0 Å². The number of rotatable bonds is 1.